The first-order chi connectivity index (χ1) is 8.15. The van der Waals surface area contributed by atoms with Gasteiger partial charge in [-0.3, -0.25) is 0 Å². The van der Waals surface area contributed by atoms with Crippen molar-refractivity contribution in [3.05, 3.63) is 0 Å². The Balaban J connectivity index is 1.70. The van der Waals surface area contributed by atoms with E-state index in [1.165, 1.54) is 38.8 Å². The molecule has 1 heterocycles. The van der Waals surface area contributed by atoms with E-state index in [0.717, 1.165) is 12.8 Å². The molecule has 3 nitrogen and oxygen atoms in total. The summed E-state index contributed by atoms with van der Waals surface area (Å²) in [5.74, 6) is 0. The Labute approximate surface area is 106 Å². The molecule has 0 bridgehead atoms. The number of hydrogen-bond acceptors (Lipinski definition) is 3. The van der Waals surface area contributed by atoms with Crippen molar-refractivity contribution < 1.29 is 5.11 Å². The van der Waals surface area contributed by atoms with Gasteiger partial charge >= 0.3 is 0 Å². The Hall–Kier alpha value is -0.120. The van der Waals surface area contributed by atoms with Crippen LogP contribution in [0.3, 0.4) is 0 Å². The van der Waals surface area contributed by atoms with Crippen LogP contribution in [-0.4, -0.2) is 47.3 Å². The van der Waals surface area contributed by atoms with Crippen molar-refractivity contribution in [2.24, 2.45) is 0 Å². The minimum atomic E-state index is -0.0583. The van der Waals surface area contributed by atoms with Crippen molar-refractivity contribution in [2.75, 3.05) is 13.1 Å². The Kier molecular flexibility index (Phi) is 4.83. The van der Waals surface area contributed by atoms with Gasteiger partial charge in [-0.25, -0.2) is 0 Å². The van der Waals surface area contributed by atoms with Crippen LogP contribution in [0.4, 0.5) is 0 Å². The van der Waals surface area contributed by atoms with Crippen LogP contribution in [-0.2, 0) is 0 Å². The summed E-state index contributed by atoms with van der Waals surface area (Å²) < 4.78 is 0. The minimum Gasteiger partial charge on any atom is -0.393 e. The highest BCUT2D eigenvalue weighted by atomic mass is 16.3. The predicted octanol–water partition coefficient (Wildman–Crippen LogP) is 1.75. The summed E-state index contributed by atoms with van der Waals surface area (Å²) in [7, 11) is 0. The molecular formula is C14H28N2O. The van der Waals surface area contributed by atoms with Crippen LogP contribution < -0.4 is 5.32 Å². The number of aliphatic hydroxyl groups is 1. The number of aliphatic hydroxyl groups excluding tert-OH is 1. The number of piperidine rings is 1. The van der Waals surface area contributed by atoms with Gasteiger partial charge < -0.3 is 15.3 Å². The van der Waals surface area contributed by atoms with E-state index in [9.17, 15) is 5.11 Å². The molecule has 2 fully saturated rings. The van der Waals surface area contributed by atoms with Crippen molar-refractivity contribution in [2.45, 2.75) is 76.6 Å². The van der Waals surface area contributed by atoms with Crippen molar-refractivity contribution in [1.29, 1.82) is 0 Å². The van der Waals surface area contributed by atoms with Crippen molar-refractivity contribution in [3.63, 3.8) is 0 Å². The molecule has 0 radical (unpaired) electrons. The molecule has 2 N–H and O–H groups in total. The topological polar surface area (TPSA) is 35.5 Å². The first-order valence-corrected chi connectivity index (χ1v) is 7.33. The van der Waals surface area contributed by atoms with Crippen LogP contribution in [0.15, 0.2) is 0 Å². The lowest BCUT2D eigenvalue weighted by Crippen LogP contribution is -2.49. The molecule has 2 atom stereocenters. The van der Waals surface area contributed by atoms with Gasteiger partial charge in [0.15, 0.2) is 0 Å². The van der Waals surface area contributed by atoms with Crippen LogP contribution in [0.5, 0.6) is 0 Å². The summed E-state index contributed by atoms with van der Waals surface area (Å²) in [6.07, 6.45) is 6.88. The molecule has 1 saturated heterocycles. The van der Waals surface area contributed by atoms with Gasteiger partial charge in [0.1, 0.15) is 0 Å². The summed E-state index contributed by atoms with van der Waals surface area (Å²) in [5, 5.41) is 13.4. The van der Waals surface area contributed by atoms with Crippen LogP contribution in [0.25, 0.3) is 0 Å². The molecule has 0 amide bonds. The average molecular weight is 240 g/mol. The monoisotopic (exact) mass is 240 g/mol. The van der Waals surface area contributed by atoms with Crippen LogP contribution in [0.2, 0.25) is 0 Å². The van der Waals surface area contributed by atoms with E-state index in [1.807, 2.05) is 0 Å². The lowest BCUT2D eigenvalue weighted by molar-refractivity contribution is 0.0989. The number of hydrogen-bond donors (Lipinski definition) is 2. The molecule has 0 aromatic carbocycles. The zero-order valence-electron chi connectivity index (χ0n) is 11.4. The van der Waals surface area contributed by atoms with Gasteiger partial charge in [-0.2, -0.15) is 0 Å². The lowest BCUT2D eigenvalue weighted by Gasteiger charge is -2.37. The maximum absolute atomic E-state index is 9.68. The molecule has 1 aliphatic heterocycles. The van der Waals surface area contributed by atoms with Gasteiger partial charge in [0.2, 0.25) is 0 Å². The third-order valence-electron chi connectivity index (χ3n) is 4.38. The summed E-state index contributed by atoms with van der Waals surface area (Å²) in [5.41, 5.74) is 0. The van der Waals surface area contributed by atoms with Gasteiger partial charge in [-0.15, -0.1) is 0 Å². The Morgan fingerprint density at radius 1 is 1.06 bits per heavy atom. The fraction of sp³-hybridized carbons (Fsp3) is 1.00. The highest BCUT2D eigenvalue weighted by Gasteiger charge is 2.25. The molecular weight excluding hydrogens is 212 g/mol. The molecule has 100 valence electrons. The second-order valence-electron chi connectivity index (χ2n) is 6.09. The van der Waals surface area contributed by atoms with Crippen LogP contribution in [0.1, 0.15) is 52.4 Å². The van der Waals surface area contributed by atoms with Gasteiger partial charge in [0, 0.05) is 18.1 Å². The molecule has 0 spiro atoms. The van der Waals surface area contributed by atoms with E-state index < -0.39 is 0 Å². The number of likely N-dealkylation sites (tertiary alicyclic amines) is 1. The van der Waals surface area contributed by atoms with Crippen LogP contribution in [0, 0.1) is 0 Å². The van der Waals surface area contributed by atoms with E-state index in [0.29, 0.717) is 18.1 Å². The van der Waals surface area contributed by atoms with Gasteiger partial charge in [0.25, 0.3) is 0 Å². The normalized spacial score (nSPS) is 33.2. The minimum absolute atomic E-state index is 0.0583. The summed E-state index contributed by atoms with van der Waals surface area (Å²) >= 11 is 0. The third-order valence-corrected chi connectivity index (χ3v) is 4.38. The van der Waals surface area contributed by atoms with E-state index in [1.54, 1.807) is 0 Å². The van der Waals surface area contributed by atoms with Crippen molar-refractivity contribution in [1.82, 2.24) is 10.2 Å². The van der Waals surface area contributed by atoms with Crippen molar-refractivity contribution in [3.8, 4) is 0 Å². The zero-order valence-corrected chi connectivity index (χ0v) is 11.4. The zero-order chi connectivity index (χ0) is 12.3. The number of nitrogens with one attached hydrogen (secondary N) is 1. The predicted molar refractivity (Wildman–Crippen MR) is 71.1 cm³/mol. The highest BCUT2D eigenvalue weighted by Crippen LogP contribution is 2.21. The molecule has 2 rings (SSSR count). The van der Waals surface area contributed by atoms with Gasteiger partial charge in [-0.1, -0.05) is 0 Å². The molecule has 2 unspecified atom stereocenters. The van der Waals surface area contributed by atoms with E-state index in [4.69, 9.17) is 0 Å². The fourth-order valence-electron chi connectivity index (χ4n) is 3.23. The second-order valence-corrected chi connectivity index (χ2v) is 6.09. The Bertz CT molecular complexity index is 224. The smallest absolute Gasteiger partial charge is 0.0555 e. The standard InChI is InChI=1S/C14H28N2O/c1-11(2)16-8-6-12(7-9-16)15-13-4-3-5-14(17)10-13/h11-15,17H,3-10H2,1-2H3. The van der Waals surface area contributed by atoms with E-state index in [2.05, 4.69) is 24.1 Å². The number of rotatable bonds is 3. The molecule has 17 heavy (non-hydrogen) atoms. The first-order valence-electron chi connectivity index (χ1n) is 7.33. The summed E-state index contributed by atoms with van der Waals surface area (Å²) in [4.78, 5) is 2.56. The molecule has 0 aromatic heterocycles. The maximum Gasteiger partial charge on any atom is 0.0555 e. The second kappa shape index (κ2) is 6.17. The molecule has 0 aromatic rings. The fourth-order valence-corrected chi connectivity index (χ4v) is 3.23. The quantitative estimate of drug-likeness (QED) is 0.789. The molecule has 1 saturated carbocycles. The summed E-state index contributed by atoms with van der Waals surface area (Å²) in [6, 6.07) is 1.93. The third kappa shape index (κ3) is 3.94. The highest BCUT2D eigenvalue weighted by molar-refractivity contribution is 4.84. The first kappa shape index (κ1) is 13.3. The van der Waals surface area contributed by atoms with E-state index in [-0.39, 0.29) is 6.10 Å². The largest absolute Gasteiger partial charge is 0.393 e. The lowest BCUT2D eigenvalue weighted by atomic mass is 9.91. The van der Waals surface area contributed by atoms with Gasteiger partial charge in [-0.05, 0) is 65.5 Å². The SMILES string of the molecule is CC(C)N1CCC(NC2CCCC(O)C2)CC1. The molecule has 2 aliphatic rings. The van der Waals surface area contributed by atoms with Gasteiger partial charge in [0.05, 0.1) is 6.10 Å². The average Bonchev–Trinajstić information content (AvgIpc) is 2.29. The summed E-state index contributed by atoms with van der Waals surface area (Å²) in [6.45, 7) is 7.02. The Morgan fingerprint density at radius 2 is 1.76 bits per heavy atom. The Morgan fingerprint density at radius 3 is 2.35 bits per heavy atom. The van der Waals surface area contributed by atoms with E-state index >= 15 is 0 Å². The number of nitrogens with zero attached hydrogens (tertiary/aromatic N) is 1. The van der Waals surface area contributed by atoms with Crippen molar-refractivity contribution >= 4 is 0 Å². The molecule has 3 heteroatoms. The van der Waals surface area contributed by atoms with Crippen LogP contribution >= 0.6 is 0 Å². The maximum atomic E-state index is 9.68. The molecule has 1 aliphatic carbocycles.